The number of likely N-dealkylation sites (tertiary alicyclic amines) is 1. The molecule has 2 aromatic heterocycles. The maximum Gasteiger partial charge on any atom is 0.303 e. The summed E-state index contributed by atoms with van der Waals surface area (Å²) in [7, 11) is 0. The van der Waals surface area contributed by atoms with Crippen molar-refractivity contribution in [1.29, 1.82) is 5.41 Å². The highest BCUT2D eigenvalue weighted by Gasteiger charge is 2.40. The number of aromatic hydroxyl groups is 1. The van der Waals surface area contributed by atoms with Crippen LogP contribution in [0, 0.1) is 5.41 Å². The molecule has 0 spiro atoms. The summed E-state index contributed by atoms with van der Waals surface area (Å²) in [5, 5.41) is 79.3. The molecule has 3 aromatic carbocycles. The van der Waals surface area contributed by atoms with Crippen molar-refractivity contribution < 1.29 is 87.5 Å². The number of aliphatic hydroxyl groups is 2. The molecule has 0 radical (unpaired) electrons. The number of fused-ring (bicyclic) bond motifs is 1. The van der Waals surface area contributed by atoms with Crippen molar-refractivity contribution >= 4 is 99.6 Å². The average Bonchev–Trinajstić information content (AvgIpc) is 1.72. The number of hydrogen-bond acceptors (Lipinski definition) is 20. The molecule has 5 aromatic rings. The molecule has 0 unspecified atom stereocenters. The van der Waals surface area contributed by atoms with Crippen molar-refractivity contribution in [2.24, 2.45) is 17.2 Å². The number of nitrogens with two attached hydrogens (primary N) is 3. The lowest BCUT2D eigenvalue weighted by Crippen LogP contribution is -2.61. The van der Waals surface area contributed by atoms with Gasteiger partial charge in [0.1, 0.15) is 72.2 Å². The Morgan fingerprint density at radius 1 is 0.589 bits per heavy atom. The van der Waals surface area contributed by atoms with Gasteiger partial charge in [0.05, 0.1) is 26.1 Å². The third-order valence-corrected chi connectivity index (χ3v) is 18.7. The molecular formula is C74H104N20O18. The second-order valence-electron chi connectivity index (χ2n) is 27.2. The Labute approximate surface area is 645 Å². The van der Waals surface area contributed by atoms with Crippen molar-refractivity contribution in [3.05, 3.63) is 120 Å². The van der Waals surface area contributed by atoms with Gasteiger partial charge in [0.15, 0.2) is 5.96 Å². The summed E-state index contributed by atoms with van der Waals surface area (Å²) in [5.41, 5.74) is 19.3. The molecule has 0 saturated carbocycles. The number of aromatic amines is 2. The minimum atomic E-state index is -1.82. The number of primary amides is 1. The monoisotopic (exact) mass is 1560 g/mol. The lowest BCUT2D eigenvalue weighted by Gasteiger charge is -2.30. The molecule has 608 valence electrons. The molecule has 1 aliphatic rings. The van der Waals surface area contributed by atoms with Crippen LogP contribution in [0.15, 0.2) is 97.6 Å². The van der Waals surface area contributed by atoms with Crippen LogP contribution in [0.4, 0.5) is 0 Å². The van der Waals surface area contributed by atoms with E-state index in [0.717, 1.165) is 6.92 Å². The van der Waals surface area contributed by atoms with Gasteiger partial charge in [-0.15, -0.1) is 0 Å². The molecule has 38 nitrogen and oxygen atoms in total. The molecule has 0 bridgehead atoms. The Bertz CT molecular complexity index is 4030. The lowest BCUT2D eigenvalue weighted by molar-refractivity contribution is -0.140. The number of aliphatic carboxylic acids is 1. The fourth-order valence-electron chi connectivity index (χ4n) is 12.6. The summed E-state index contributed by atoms with van der Waals surface area (Å²) in [6.07, 6.45) is 4.40. The van der Waals surface area contributed by atoms with E-state index in [1.807, 2.05) is 0 Å². The van der Waals surface area contributed by atoms with Crippen LogP contribution in [0.25, 0.3) is 10.9 Å². The van der Waals surface area contributed by atoms with Gasteiger partial charge in [-0.1, -0.05) is 87.4 Å². The van der Waals surface area contributed by atoms with Crippen LogP contribution in [-0.4, -0.2) is 235 Å². The van der Waals surface area contributed by atoms with Crippen LogP contribution in [0.1, 0.15) is 126 Å². The predicted molar refractivity (Wildman–Crippen MR) is 406 cm³/mol. The number of nitrogens with one attached hydrogen (secondary N) is 15. The van der Waals surface area contributed by atoms with Crippen molar-refractivity contribution in [2.45, 2.75) is 189 Å². The number of carbonyl (C=O) groups excluding carboxylic acids is 13. The van der Waals surface area contributed by atoms with Gasteiger partial charge in [-0.2, -0.15) is 0 Å². The zero-order valence-corrected chi connectivity index (χ0v) is 62.6. The Morgan fingerprint density at radius 2 is 1.13 bits per heavy atom. The van der Waals surface area contributed by atoms with E-state index in [4.69, 9.17) is 22.6 Å². The van der Waals surface area contributed by atoms with Gasteiger partial charge in [0.25, 0.3) is 0 Å². The first kappa shape index (κ1) is 88.8. The number of carboxylic acids is 1. The Hall–Kier alpha value is -12.1. The number of aliphatic hydroxyl groups excluding tert-OH is 2. The van der Waals surface area contributed by atoms with E-state index < -0.39 is 194 Å². The highest BCUT2D eigenvalue weighted by Crippen LogP contribution is 2.24. The Kier molecular flexibility index (Phi) is 35.8. The fourth-order valence-corrected chi connectivity index (χ4v) is 12.6. The molecule has 6 rings (SSSR count). The molecule has 112 heavy (non-hydrogen) atoms. The van der Waals surface area contributed by atoms with Crippen LogP contribution in [0.5, 0.6) is 5.75 Å². The number of rotatable bonds is 47. The number of benzene rings is 3. The van der Waals surface area contributed by atoms with Gasteiger partial charge in [0.2, 0.25) is 76.8 Å². The van der Waals surface area contributed by atoms with Crippen molar-refractivity contribution in [1.82, 2.24) is 83.7 Å². The van der Waals surface area contributed by atoms with Gasteiger partial charge in [-0.05, 0) is 99.2 Å². The molecule has 1 aliphatic heterocycles. The first-order valence-electron chi connectivity index (χ1n) is 37.0. The largest absolute Gasteiger partial charge is 0.508 e. The van der Waals surface area contributed by atoms with Gasteiger partial charge >= 0.3 is 5.97 Å². The van der Waals surface area contributed by atoms with E-state index in [2.05, 4.69) is 78.8 Å². The van der Waals surface area contributed by atoms with Crippen molar-refractivity contribution in [3.63, 3.8) is 0 Å². The Morgan fingerprint density at radius 3 is 1.72 bits per heavy atom. The minimum Gasteiger partial charge on any atom is -0.508 e. The van der Waals surface area contributed by atoms with E-state index in [-0.39, 0.29) is 75.9 Å². The van der Waals surface area contributed by atoms with E-state index in [1.165, 1.54) is 41.7 Å². The highest BCUT2D eigenvalue weighted by molar-refractivity contribution is 6.00. The van der Waals surface area contributed by atoms with Gasteiger partial charge in [-0.3, -0.25) is 72.5 Å². The number of para-hydroxylation sites is 1. The third kappa shape index (κ3) is 28.1. The number of carboxylic acid groups (broad SMARTS) is 1. The van der Waals surface area contributed by atoms with E-state index in [1.54, 1.807) is 74.6 Å². The summed E-state index contributed by atoms with van der Waals surface area (Å²) in [4.78, 5) is 206. The number of carbonyl (C=O) groups is 14. The maximum absolute atomic E-state index is 15.3. The molecule has 0 aliphatic carbocycles. The van der Waals surface area contributed by atoms with Crippen LogP contribution < -0.4 is 81.0 Å². The van der Waals surface area contributed by atoms with Crippen LogP contribution in [0.2, 0.25) is 0 Å². The normalized spacial score (nSPS) is 15.4. The summed E-state index contributed by atoms with van der Waals surface area (Å²) in [6, 6.07) is 4.40. The third-order valence-electron chi connectivity index (χ3n) is 18.7. The topological polar surface area (TPSA) is 614 Å². The molecule has 13 amide bonds. The number of phenols is 1. The fraction of sp³-hybridized carbons (Fsp3) is 0.486. The maximum atomic E-state index is 15.3. The van der Waals surface area contributed by atoms with Crippen LogP contribution in [0.3, 0.4) is 0 Å². The molecule has 1 saturated heterocycles. The molecule has 38 heteroatoms. The number of phenolic OH excluding ortho intramolecular Hbond substituents is 1. The number of amides is 13. The van der Waals surface area contributed by atoms with Crippen molar-refractivity contribution in [3.8, 4) is 5.75 Å². The zero-order valence-electron chi connectivity index (χ0n) is 62.6. The SMILES string of the molecule is CCCC[C@H](NC(=O)[C@H](CO)NC(=O)[C@H](Cc1ccc(O)cc1)NC(=O)[C@H](CO)NC(C)=O)C(=O)N[C@@H](CCC(=O)O)C(=O)N[C@@H](Cc1cnc[nH]1)C(=O)N[C@H](C(=O)N[C@@H](CCCNC(=N)N)C(=O)N[C@@H](Cc1c[nH]c2ccccc12)C(=O)NCC(=O)N[C@@H](CCCCN)C(=O)N1CCC[C@H]1C(N)=O)[C@@H](C)c1ccccc1. The summed E-state index contributed by atoms with van der Waals surface area (Å²) >= 11 is 0. The van der Waals surface area contributed by atoms with E-state index in [0.29, 0.717) is 66.2 Å². The molecule has 25 N–H and O–H groups in total. The van der Waals surface area contributed by atoms with Gasteiger partial charge in [-0.25, -0.2) is 4.98 Å². The standard InChI is InChI=1S/C74H104N20O18/c1-4-5-18-50(86-71(110)58(39-96)92-68(107)54(32-43-23-25-47(98)26-24-43)89-70(109)57(38-95)84-42(3)97)65(104)87-52(27-28-61(100)101)67(106)91-56(34-46-36-79-40-83-46)69(108)93-62(41(2)44-15-7-6-8-16-44)72(111)88-51(21-13-30-80-74(77)78)66(105)90-55(33-45-35-81-49-19-10-9-17-48(45)49)64(103)82-37-60(99)85-53(20-11-12-29-75)73(112)94-31-14-22-59(94)63(76)102/h6-10,15-17,19,23-26,35-36,40-41,50-59,62,81,95-96,98H,4-5,11-14,18,20-22,27-34,37-39,75H2,1-3H3,(H2,76,102)(H,79,83)(H,82,103)(H,84,97)(H,85,99)(H,86,110)(H,87,104)(H,88,111)(H,89,109)(H,90,105)(H,91,106)(H,92,107)(H,93,108)(H,100,101)(H4,77,78,80)/t41-,50-,51-,52-,53-,54-,55-,56-,57-,58-,59-,62-/m0/s1. The number of aromatic nitrogens is 3. The number of hydrogen-bond donors (Lipinski definition) is 22. The number of guanidine groups is 1. The van der Waals surface area contributed by atoms with Gasteiger partial charge < -0.3 is 116 Å². The van der Waals surface area contributed by atoms with Gasteiger partial charge in [0, 0.05) is 80.6 Å². The quantitative estimate of drug-likeness (QED) is 0.0101. The summed E-state index contributed by atoms with van der Waals surface area (Å²) in [6.45, 7) is 2.33. The molecule has 12 atom stereocenters. The van der Waals surface area contributed by atoms with E-state index in [9.17, 15) is 73.2 Å². The lowest BCUT2D eigenvalue weighted by atomic mass is 9.91. The second-order valence-corrected chi connectivity index (χ2v) is 27.2. The number of unbranched alkanes of at least 4 members (excludes halogenated alkanes) is 2. The number of imidazole rings is 1. The van der Waals surface area contributed by atoms with Crippen LogP contribution >= 0.6 is 0 Å². The number of nitrogens with zero attached hydrogens (tertiary/aromatic N) is 2. The second kappa shape index (κ2) is 45.2. The number of H-pyrrole nitrogens is 2. The first-order chi connectivity index (χ1) is 53.5. The average molecular weight is 1560 g/mol. The Balaban J connectivity index is 1.26. The molecule has 1 fully saturated rings. The van der Waals surface area contributed by atoms with E-state index >= 15 is 14.4 Å². The highest BCUT2D eigenvalue weighted by atomic mass is 16.4. The summed E-state index contributed by atoms with van der Waals surface area (Å²) < 4.78 is 0. The molecular weight excluding hydrogens is 1460 g/mol. The summed E-state index contributed by atoms with van der Waals surface area (Å²) in [5.74, 6) is -14.8. The van der Waals surface area contributed by atoms with Crippen LogP contribution in [-0.2, 0) is 86.4 Å². The van der Waals surface area contributed by atoms with Crippen molar-refractivity contribution in [2.75, 3.05) is 39.4 Å². The predicted octanol–water partition coefficient (Wildman–Crippen LogP) is -3.68. The minimum absolute atomic E-state index is 0.00776. The molecule has 3 heterocycles. The zero-order chi connectivity index (χ0) is 82.0. The first-order valence-corrected chi connectivity index (χ1v) is 37.0. The smallest absolute Gasteiger partial charge is 0.303 e.